The zero-order valence-corrected chi connectivity index (χ0v) is 14.9. The van der Waals surface area contributed by atoms with Crippen molar-refractivity contribution in [3.8, 4) is 0 Å². The van der Waals surface area contributed by atoms with Crippen LogP contribution in [-0.2, 0) is 42.2 Å². The SMILES string of the molecule is COC(=O)C1C(c2cc[c-]cc2)CC2CCC1N2C.[Y]. The van der Waals surface area contributed by atoms with Gasteiger partial charge >= 0.3 is 5.97 Å². The smallest absolute Gasteiger partial charge is 0.310 e. The van der Waals surface area contributed by atoms with Gasteiger partial charge in [0.05, 0.1) is 13.0 Å². The van der Waals surface area contributed by atoms with Gasteiger partial charge in [0.1, 0.15) is 0 Å². The molecular weight excluding hydrogens is 327 g/mol. The number of piperidine rings is 1. The van der Waals surface area contributed by atoms with E-state index in [0.29, 0.717) is 12.1 Å². The molecule has 20 heavy (non-hydrogen) atoms. The molecule has 2 aliphatic rings. The van der Waals surface area contributed by atoms with E-state index in [-0.39, 0.29) is 50.5 Å². The minimum Gasteiger partial charge on any atom is -0.469 e. The number of fused-ring (bicyclic) bond motifs is 2. The summed E-state index contributed by atoms with van der Waals surface area (Å²) in [6.45, 7) is 0. The van der Waals surface area contributed by atoms with E-state index in [4.69, 9.17) is 4.74 Å². The fourth-order valence-electron chi connectivity index (χ4n) is 3.91. The number of ether oxygens (including phenoxy) is 1. The molecule has 4 unspecified atom stereocenters. The van der Waals surface area contributed by atoms with Crippen LogP contribution in [0.4, 0.5) is 0 Å². The summed E-state index contributed by atoms with van der Waals surface area (Å²) in [7, 11) is 3.65. The number of nitrogens with zero attached hydrogens (tertiary/aromatic N) is 1. The van der Waals surface area contributed by atoms with Crippen molar-refractivity contribution in [2.45, 2.75) is 37.3 Å². The van der Waals surface area contributed by atoms with Gasteiger partial charge in [-0.2, -0.15) is 35.9 Å². The van der Waals surface area contributed by atoms with E-state index in [1.165, 1.54) is 19.1 Å². The molecule has 4 heteroatoms. The second kappa shape index (κ2) is 6.68. The number of carbonyl (C=O) groups is 1. The van der Waals surface area contributed by atoms with Gasteiger partial charge in [0.15, 0.2) is 0 Å². The molecular formula is C16H20NO2Y-. The molecule has 1 aromatic rings. The van der Waals surface area contributed by atoms with Gasteiger partial charge in [-0.05, 0) is 32.2 Å². The van der Waals surface area contributed by atoms with Crippen LogP contribution in [0.15, 0.2) is 24.3 Å². The molecule has 2 heterocycles. The van der Waals surface area contributed by atoms with E-state index in [2.05, 4.69) is 30.1 Å². The molecule has 4 atom stereocenters. The monoisotopic (exact) mass is 347 g/mol. The Morgan fingerprint density at radius 3 is 2.70 bits per heavy atom. The number of hydrogen-bond acceptors (Lipinski definition) is 3. The molecule has 1 radical (unpaired) electrons. The van der Waals surface area contributed by atoms with E-state index in [1.807, 2.05) is 12.1 Å². The zero-order chi connectivity index (χ0) is 13.4. The van der Waals surface area contributed by atoms with E-state index >= 15 is 0 Å². The predicted molar refractivity (Wildman–Crippen MR) is 72.7 cm³/mol. The summed E-state index contributed by atoms with van der Waals surface area (Å²) in [5.74, 6) is 0.196. The van der Waals surface area contributed by atoms with Crippen molar-refractivity contribution in [2.75, 3.05) is 14.2 Å². The molecule has 0 spiro atoms. The molecule has 3 rings (SSSR count). The summed E-state index contributed by atoms with van der Waals surface area (Å²) < 4.78 is 5.07. The topological polar surface area (TPSA) is 29.5 Å². The Balaban J connectivity index is 0.00000147. The third-order valence-electron chi connectivity index (χ3n) is 4.91. The molecule has 1 aromatic carbocycles. The van der Waals surface area contributed by atoms with Crippen LogP contribution in [0, 0.1) is 12.0 Å². The van der Waals surface area contributed by atoms with E-state index in [1.54, 1.807) is 0 Å². The van der Waals surface area contributed by atoms with Crippen LogP contribution in [-0.4, -0.2) is 37.1 Å². The first-order valence-electron chi connectivity index (χ1n) is 6.98. The van der Waals surface area contributed by atoms with Crippen molar-refractivity contribution >= 4 is 5.97 Å². The van der Waals surface area contributed by atoms with Gasteiger partial charge in [-0.1, -0.05) is 0 Å². The van der Waals surface area contributed by atoms with Gasteiger partial charge in [-0.15, -0.1) is 0 Å². The van der Waals surface area contributed by atoms with Crippen molar-refractivity contribution in [2.24, 2.45) is 5.92 Å². The zero-order valence-electron chi connectivity index (χ0n) is 12.1. The van der Waals surface area contributed by atoms with Crippen LogP contribution in [0.1, 0.15) is 30.7 Å². The van der Waals surface area contributed by atoms with Crippen molar-refractivity contribution < 1.29 is 42.2 Å². The molecule has 0 aromatic heterocycles. The number of benzene rings is 1. The van der Waals surface area contributed by atoms with Gasteiger partial charge < -0.3 is 4.74 Å². The molecule has 2 bridgehead atoms. The predicted octanol–water partition coefficient (Wildman–Crippen LogP) is 2.22. The second-order valence-electron chi connectivity index (χ2n) is 5.69. The fourth-order valence-corrected chi connectivity index (χ4v) is 3.91. The number of esters is 1. The molecule has 0 N–H and O–H groups in total. The van der Waals surface area contributed by atoms with Gasteiger partial charge in [0, 0.05) is 44.8 Å². The Morgan fingerprint density at radius 1 is 1.35 bits per heavy atom. The maximum absolute atomic E-state index is 12.2. The first-order valence-corrected chi connectivity index (χ1v) is 6.98. The minimum atomic E-state index is -0.0602. The Morgan fingerprint density at radius 2 is 2.05 bits per heavy atom. The first kappa shape index (κ1) is 16.1. The van der Waals surface area contributed by atoms with Crippen LogP contribution < -0.4 is 0 Å². The third-order valence-corrected chi connectivity index (χ3v) is 4.91. The fraction of sp³-hybridized carbons (Fsp3) is 0.562. The maximum Gasteiger partial charge on any atom is 0.310 e. The van der Waals surface area contributed by atoms with Crippen molar-refractivity contribution in [3.05, 3.63) is 35.9 Å². The second-order valence-corrected chi connectivity index (χ2v) is 5.69. The summed E-state index contributed by atoms with van der Waals surface area (Å²) in [6.07, 6.45) is 3.36. The summed E-state index contributed by atoms with van der Waals surface area (Å²) in [5, 5.41) is 0. The summed E-state index contributed by atoms with van der Waals surface area (Å²) >= 11 is 0. The molecule has 2 saturated heterocycles. The summed E-state index contributed by atoms with van der Waals surface area (Å²) in [6, 6.07) is 12.0. The van der Waals surface area contributed by atoms with Crippen LogP contribution in [0.3, 0.4) is 0 Å². The molecule has 2 fully saturated rings. The Hall–Kier alpha value is -0.246. The van der Waals surface area contributed by atoms with Crippen LogP contribution in [0.2, 0.25) is 0 Å². The van der Waals surface area contributed by atoms with Crippen LogP contribution in [0.25, 0.3) is 0 Å². The number of hydrogen-bond donors (Lipinski definition) is 0. The largest absolute Gasteiger partial charge is 0.469 e. The maximum atomic E-state index is 12.2. The third kappa shape index (κ3) is 2.73. The van der Waals surface area contributed by atoms with Gasteiger partial charge in [-0.3, -0.25) is 9.69 Å². The van der Waals surface area contributed by atoms with Gasteiger partial charge in [-0.25, -0.2) is 0 Å². The Kier molecular flexibility index (Phi) is 5.39. The molecule has 2 aliphatic heterocycles. The molecule has 0 aliphatic carbocycles. The average molecular weight is 347 g/mol. The average Bonchev–Trinajstić information content (AvgIpc) is 2.70. The number of carbonyl (C=O) groups excluding carboxylic acids is 1. The van der Waals surface area contributed by atoms with E-state index in [0.717, 1.165) is 12.8 Å². The van der Waals surface area contributed by atoms with Crippen LogP contribution >= 0.6 is 0 Å². The summed E-state index contributed by atoms with van der Waals surface area (Å²) in [4.78, 5) is 14.6. The first-order chi connectivity index (χ1) is 9.22. The molecule has 3 nitrogen and oxygen atoms in total. The summed E-state index contributed by atoms with van der Waals surface area (Å²) in [5.41, 5.74) is 1.25. The van der Waals surface area contributed by atoms with Gasteiger partial charge in [0.2, 0.25) is 0 Å². The number of rotatable bonds is 2. The number of methoxy groups -OCH3 is 1. The quantitative estimate of drug-likeness (QED) is 0.607. The Labute approximate surface area is 145 Å². The Bertz CT molecular complexity index is 465. The standard InChI is InChI=1S/C16H20NO2.Y/c1-17-12-8-9-14(17)15(16(18)19-2)13(10-12)11-6-4-3-5-7-11;/h4-7,12-15H,8-10H2,1-2H3;/q-1;. The van der Waals surface area contributed by atoms with Crippen molar-refractivity contribution in [1.82, 2.24) is 4.90 Å². The van der Waals surface area contributed by atoms with Gasteiger partial charge in [0.25, 0.3) is 0 Å². The van der Waals surface area contributed by atoms with E-state index < -0.39 is 0 Å². The minimum absolute atomic E-state index is 0. The normalized spacial score (nSPS) is 32.5. The van der Waals surface area contributed by atoms with E-state index in [9.17, 15) is 4.79 Å². The van der Waals surface area contributed by atoms with Crippen molar-refractivity contribution in [1.29, 1.82) is 0 Å². The van der Waals surface area contributed by atoms with Crippen LogP contribution in [0.5, 0.6) is 0 Å². The molecule has 105 valence electrons. The molecule has 0 saturated carbocycles. The molecule has 0 amide bonds. The van der Waals surface area contributed by atoms with Crippen molar-refractivity contribution in [3.63, 3.8) is 0 Å².